The molecule has 0 aromatic carbocycles. The minimum absolute atomic E-state index is 0.168. The van der Waals surface area contributed by atoms with Crippen molar-refractivity contribution in [2.24, 2.45) is 0 Å². The van der Waals surface area contributed by atoms with Gasteiger partial charge in [0.25, 0.3) is 0 Å². The molecule has 0 fully saturated rings. The van der Waals surface area contributed by atoms with E-state index in [4.69, 9.17) is 11.6 Å². The number of hydrogen-bond donors (Lipinski definition) is 1. The molecule has 66 valence electrons. The Labute approximate surface area is 74.8 Å². The van der Waals surface area contributed by atoms with Crippen LogP contribution in [0.1, 0.15) is 27.2 Å². The maximum atomic E-state index is 5.64. The van der Waals surface area contributed by atoms with E-state index in [2.05, 4.69) is 25.2 Å². The number of nitrogens with one attached hydrogen (secondary N) is 1. The number of rotatable bonds is 5. The maximum absolute atomic E-state index is 5.64. The van der Waals surface area contributed by atoms with Crippen molar-refractivity contribution >= 4 is 11.6 Å². The molecule has 1 N–H and O–H groups in total. The number of halogens is 1. The van der Waals surface area contributed by atoms with Crippen LogP contribution in [0.15, 0.2) is 12.2 Å². The quantitative estimate of drug-likeness (QED) is 0.500. The highest BCUT2D eigenvalue weighted by Gasteiger charge is 2.13. The third-order valence-corrected chi connectivity index (χ3v) is 1.84. The number of hydrogen-bond acceptors (Lipinski definition) is 1. The highest BCUT2D eigenvalue weighted by atomic mass is 35.5. The summed E-state index contributed by atoms with van der Waals surface area (Å²) in [7, 11) is 0. The highest BCUT2D eigenvalue weighted by Crippen LogP contribution is 2.08. The van der Waals surface area contributed by atoms with Crippen LogP contribution >= 0.6 is 11.6 Å². The number of alkyl halides is 1. The zero-order valence-corrected chi connectivity index (χ0v) is 8.41. The Morgan fingerprint density at radius 2 is 2.09 bits per heavy atom. The van der Waals surface area contributed by atoms with E-state index in [1.165, 1.54) is 0 Å². The molecule has 0 atom stereocenters. The molecule has 0 aromatic heterocycles. The van der Waals surface area contributed by atoms with Gasteiger partial charge in [-0.1, -0.05) is 12.2 Å². The Hall–Kier alpha value is -0.0100. The van der Waals surface area contributed by atoms with E-state index in [-0.39, 0.29) is 5.54 Å². The summed E-state index contributed by atoms with van der Waals surface area (Å²) >= 11 is 5.64. The molecule has 0 aliphatic rings. The SMILES string of the molecule is C/C=C/CNC(C)(C)CCCl. The largest absolute Gasteiger partial charge is 0.308 e. The first-order valence-electron chi connectivity index (χ1n) is 4.04. The third kappa shape index (κ3) is 6.39. The second-order valence-electron chi connectivity index (χ2n) is 3.27. The van der Waals surface area contributed by atoms with Crippen molar-refractivity contribution in [1.82, 2.24) is 5.32 Å². The van der Waals surface area contributed by atoms with Gasteiger partial charge in [0.1, 0.15) is 0 Å². The summed E-state index contributed by atoms with van der Waals surface area (Å²) in [6.07, 6.45) is 5.16. The fourth-order valence-electron chi connectivity index (χ4n) is 0.778. The van der Waals surface area contributed by atoms with Gasteiger partial charge in [0.05, 0.1) is 0 Å². The lowest BCUT2D eigenvalue weighted by Gasteiger charge is -2.24. The predicted molar refractivity (Wildman–Crippen MR) is 52.2 cm³/mol. The summed E-state index contributed by atoms with van der Waals surface area (Å²) in [6, 6.07) is 0. The first kappa shape index (κ1) is 11.0. The van der Waals surface area contributed by atoms with Crippen molar-refractivity contribution in [1.29, 1.82) is 0 Å². The highest BCUT2D eigenvalue weighted by molar-refractivity contribution is 6.17. The lowest BCUT2D eigenvalue weighted by molar-refractivity contribution is 0.397. The molecule has 0 radical (unpaired) electrons. The molecule has 0 unspecified atom stereocenters. The summed E-state index contributed by atoms with van der Waals surface area (Å²) < 4.78 is 0. The Kier molecular flexibility index (Phi) is 5.61. The fraction of sp³-hybridized carbons (Fsp3) is 0.778. The van der Waals surface area contributed by atoms with Crippen molar-refractivity contribution < 1.29 is 0 Å². The molecule has 0 aromatic rings. The molecule has 0 bridgehead atoms. The maximum Gasteiger partial charge on any atom is 0.0240 e. The average molecular weight is 176 g/mol. The van der Waals surface area contributed by atoms with Crippen LogP contribution in [0.25, 0.3) is 0 Å². The number of allylic oxidation sites excluding steroid dienone is 1. The third-order valence-electron chi connectivity index (χ3n) is 1.65. The monoisotopic (exact) mass is 175 g/mol. The summed E-state index contributed by atoms with van der Waals surface area (Å²) in [4.78, 5) is 0. The van der Waals surface area contributed by atoms with Gasteiger partial charge in [0.2, 0.25) is 0 Å². The van der Waals surface area contributed by atoms with Gasteiger partial charge in [0.15, 0.2) is 0 Å². The van der Waals surface area contributed by atoms with E-state index in [0.29, 0.717) is 0 Å². The Morgan fingerprint density at radius 3 is 2.55 bits per heavy atom. The second kappa shape index (κ2) is 5.62. The van der Waals surface area contributed by atoms with E-state index >= 15 is 0 Å². The van der Waals surface area contributed by atoms with Crippen LogP contribution in [0.2, 0.25) is 0 Å². The summed E-state index contributed by atoms with van der Waals surface area (Å²) in [6.45, 7) is 7.29. The normalized spacial score (nSPS) is 12.7. The molecular weight excluding hydrogens is 158 g/mol. The molecule has 1 nitrogen and oxygen atoms in total. The average Bonchev–Trinajstić information content (AvgIpc) is 1.87. The molecule has 2 heteroatoms. The smallest absolute Gasteiger partial charge is 0.0240 e. The molecule has 0 aliphatic carbocycles. The Balaban J connectivity index is 3.54. The van der Waals surface area contributed by atoms with Crippen LogP contribution in [-0.2, 0) is 0 Å². The molecule has 0 spiro atoms. The van der Waals surface area contributed by atoms with Gasteiger partial charge in [-0.25, -0.2) is 0 Å². The van der Waals surface area contributed by atoms with Gasteiger partial charge in [-0.05, 0) is 27.2 Å². The van der Waals surface area contributed by atoms with Crippen molar-refractivity contribution in [3.05, 3.63) is 12.2 Å². The minimum Gasteiger partial charge on any atom is -0.308 e. The van der Waals surface area contributed by atoms with Crippen LogP contribution < -0.4 is 5.32 Å². The molecular formula is C9H18ClN. The Morgan fingerprint density at radius 1 is 1.45 bits per heavy atom. The lowest BCUT2D eigenvalue weighted by Crippen LogP contribution is -2.39. The van der Waals surface area contributed by atoms with Crippen LogP contribution in [-0.4, -0.2) is 18.0 Å². The summed E-state index contributed by atoms with van der Waals surface area (Å²) in [5.41, 5.74) is 0.168. The summed E-state index contributed by atoms with van der Waals surface area (Å²) in [5, 5.41) is 3.39. The van der Waals surface area contributed by atoms with Crippen molar-refractivity contribution in [3.8, 4) is 0 Å². The van der Waals surface area contributed by atoms with E-state index in [1.807, 2.05) is 13.0 Å². The van der Waals surface area contributed by atoms with E-state index in [9.17, 15) is 0 Å². The van der Waals surface area contributed by atoms with E-state index < -0.39 is 0 Å². The molecule has 0 saturated carbocycles. The van der Waals surface area contributed by atoms with E-state index in [1.54, 1.807) is 0 Å². The van der Waals surface area contributed by atoms with Crippen LogP contribution in [0.3, 0.4) is 0 Å². The Bertz CT molecular complexity index is 119. The van der Waals surface area contributed by atoms with Crippen LogP contribution in [0.4, 0.5) is 0 Å². The van der Waals surface area contributed by atoms with E-state index in [0.717, 1.165) is 18.8 Å². The molecule has 0 amide bonds. The van der Waals surface area contributed by atoms with Crippen molar-refractivity contribution in [3.63, 3.8) is 0 Å². The van der Waals surface area contributed by atoms with Gasteiger partial charge in [-0.15, -0.1) is 11.6 Å². The lowest BCUT2D eigenvalue weighted by atomic mass is 10.0. The van der Waals surface area contributed by atoms with Crippen molar-refractivity contribution in [2.75, 3.05) is 12.4 Å². The molecule has 11 heavy (non-hydrogen) atoms. The standard InChI is InChI=1S/C9H18ClN/c1-4-5-8-11-9(2,3)6-7-10/h4-5,11H,6-8H2,1-3H3/b5-4+. The molecule has 0 saturated heterocycles. The predicted octanol–water partition coefficient (Wildman–Crippen LogP) is 2.56. The molecule has 0 aliphatic heterocycles. The summed E-state index contributed by atoms with van der Waals surface area (Å²) in [5.74, 6) is 0.718. The van der Waals surface area contributed by atoms with Gasteiger partial charge >= 0.3 is 0 Å². The van der Waals surface area contributed by atoms with Crippen molar-refractivity contribution in [2.45, 2.75) is 32.7 Å². The van der Waals surface area contributed by atoms with Gasteiger partial charge in [-0.3, -0.25) is 0 Å². The van der Waals surface area contributed by atoms with Gasteiger partial charge in [-0.2, -0.15) is 0 Å². The van der Waals surface area contributed by atoms with Gasteiger partial charge in [0, 0.05) is 18.0 Å². The zero-order chi connectivity index (χ0) is 8.74. The fourth-order valence-corrected chi connectivity index (χ4v) is 1.25. The second-order valence-corrected chi connectivity index (χ2v) is 3.65. The first-order chi connectivity index (χ1) is 5.12. The molecule has 0 heterocycles. The van der Waals surface area contributed by atoms with Crippen LogP contribution in [0.5, 0.6) is 0 Å². The van der Waals surface area contributed by atoms with Crippen LogP contribution in [0, 0.1) is 0 Å². The van der Waals surface area contributed by atoms with Gasteiger partial charge < -0.3 is 5.32 Å². The molecule has 0 rings (SSSR count). The topological polar surface area (TPSA) is 12.0 Å². The minimum atomic E-state index is 0.168. The zero-order valence-electron chi connectivity index (χ0n) is 7.65. The first-order valence-corrected chi connectivity index (χ1v) is 4.58.